The van der Waals surface area contributed by atoms with Crippen LogP contribution in [-0.4, -0.2) is 4.98 Å². The van der Waals surface area contributed by atoms with Gasteiger partial charge in [-0.3, -0.25) is 0 Å². The lowest BCUT2D eigenvalue weighted by Crippen LogP contribution is -1.87. The zero-order valence-electron chi connectivity index (χ0n) is 7.85. The third-order valence-corrected chi connectivity index (χ3v) is 2.97. The lowest BCUT2D eigenvalue weighted by atomic mass is 10.1. The normalized spacial score (nSPS) is 10.5. The van der Waals surface area contributed by atoms with Crippen LogP contribution in [0.3, 0.4) is 0 Å². The van der Waals surface area contributed by atoms with E-state index in [9.17, 15) is 4.39 Å². The highest BCUT2D eigenvalue weighted by atomic mass is 35.5. The maximum absolute atomic E-state index is 12.7. The molecule has 0 fully saturated rings. The molecule has 0 atom stereocenters. The Bertz CT molecular complexity index is 525. The third kappa shape index (κ3) is 2.29. The van der Waals surface area contributed by atoms with E-state index >= 15 is 0 Å². The van der Waals surface area contributed by atoms with E-state index in [0.717, 1.165) is 0 Å². The summed E-state index contributed by atoms with van der Waals surface area (Å²) in [5, 5.41) is 0.837. The van der Waals surface area contributed by atoms with Gasteiger partial charge in [0.1, 0.15) is 11.0 Å². The van der Waals surface area contributed by atoms with Crippen LogP contribution in [0.2, 0.25) is 15.2 Å². The Balaban J connectivity index is 2.56. The van der Waals surface area contributed by atoms with Crippen LogP contribution in [0, 0.1) is 5.82 Å². The zero-order valence-corrected chi connectivity index (χ0v) is 10.1. The van der Waals surface area contributed by atoms with E-state index in [4.69, 9.17) is 34.8 Å². The molecule has 1 nitrogen and oxygen atoms in total. The summed E-state index contributed by atoms with van der Waals surface area (Å²) in [4.78, 5) is 4.05. The number of hydrogen-bond acceptors (Lipinski definition) is 1. The van der Waals surface area contributed by atoms with Gasteiger partial charge in [-0.2, -0.15) is 0 Å². The lowest BCUT2D eigenvalue weighted by Gasteiger charge is -2.05. The summed E-state index contributed by atoms with van der Waals surface area (Å²) < 4.78 is 12.7. The summed E-state index contributed by atoms with van der Waals surface area (Å²) in [6, 6.07) is 7.32. The van der Waals surface area contributed by atoms with Crippen molar-refractivity contribution in [2.75, 3.05) is 0 Å². The second-order valence-electron chi connectivity index (χ2n) is 3.10. The van der Waals surface area contributed by atoms with Crippen LogP contribution in [0.4, 0.5) is 4.39 Å². The summed E-state index contributed by atoms with van der Waals surface area (Å²) in [7, 11) is 0. The fourth-order valence-corrected chi connectivity index (χ4v) is 1.86. The van der Waals surface area contributed by atoms with Gasteiger partial charge in [-0.25, -0.2) is 9.37 Å². The van der Waals surface area contributed by atoms with E-state index in [1.54, 1.807) is 12.1 Å². The Morgan fingerprint density at radius 2 is 1.56 bits per heavy atom. The van der Waals surface area contributed by atoms with Crippen molar-refractivity contribution in [2.45, 2.75) is 0 Å². The van der Waals surface area contributed by atoms with Crippen molar-refractivity contribution >= 4 is 34.8 Å². The van der Waals surface area contributed by atoms with Crippen LogP contribution in [-0.2, 0) is 0 Å². The highest BCUT2D eigenvalue weighted by molar-refractivity contribution is 6.42. The number of halogens is 4. The van der Waals surface area contributed by atoms with Crippen LogP contribution in [0.25, 0.3) is 11.3 Å². The maximum atomic E-state index is 12.7. The van der Waals surface area contributed by atoms with Crippen LogP contribution < -0.4 is 0 Å². The Morgan fingerprint density at radius 1 is 0.938 bits per heavy atom. The predicted octanol–water partition coefficient (Wildman–Crippen LogP) is 4.85. The number of rotatable bonds is 1. The highest BCUT2D eigenvalue weighted by Crippen LogP contribution is 2.32. The molecule has 5 heteroatoms. The van der Waals surface area contributed by atoms with Gasteiger partial charge in [-0.1, -0.05) is 34.8 Å². The van der Waals surface area contributed by atoms with Gasteiger partial charge < -0.3 is 0 Å². The Kier molecular flexibility index (Phi) is 3.33. The molecule has 82 valence electrons. The van der Waals surface area contributed by atoms with Gasteiger partial charge in [-0.05, 0) is 30.3 Å². The number of hydrogen-bond donors (Lipinski definition) is 0. The molecular formula is C11H5Cl3FN. The summed E-state index contributed by atoms with van der Waals surface area (Å²) in [6.07, 6.45) is 0. The van der Waals surface area contributed by atoms with Crippen molar-refractivity contribution < 1.29 is 4.39 Å². The molecule has 1 heterocycles. The van der Waals surface area contributed by atoms with E-state index in [1.807, 2.05) is 0 Å². The fourth-order valence-electron chi connectivity index (χ4n) is 1.25. The van der Waals surface area contributed by atoms with E-state index in [1.165, 1.54) is 18.2 Å². The largest absolute Gasteiger partial charge is 0.233 e. The molecular weight excluding hydrogens is 271 g/mol. The zero-order chi connectivity index (χ0) is 11.7. The summed E-state index contributed by atoms with van der Waals surface area (Å²) in [5.41, 5.74) is 1.17. The first kappa shape index (κ1) is 11.6. The number of pyridine rings is 1. The van der Waals surface area contributed by atoms with Crippen molar-refractivity contribution in [3.8, 4) is 11.3 Å². The molecule has 0 saturated carbocycles. The Labute approximate surface area is 107 Å². The van der Waals surface area contributed by atoms with Crippen LogP contribution in [0.1, 0.15) is 0 Å². The van der Waals surface area contributed by atoms with Gasteiger partial charge >= 0.3 is 0 Å². The van der Waals surface area contributed by atoms with E-state index in [2.05, 4.69) is 4.98 Å². The summed E-state index contributed by atoms with van der Waals surface area (Å²) >= 11 is 17.5. The number of nitrogens with zero attached hydrogens (tertiary/aromatic N) is 1. The Morgan fingerprint density at radius 3 is 2.19 bits per heavy atom. The highest BCUT2D eigenvalue weighted by Gasteiger charge is 2.09. The van der Waals surface area contributed by atoms with Crippen molar-refractivity contribution in [2.24, 2.45) is 0 Å². The monoisotopic (exact) mass is 275 g/mol. The molecule has 2 aromatic rings. The molecule has 0 saturated heterocycles. The average molecular weight is 277 g/mol. The van der Waals surface area contributed by atoms with E-state index in [0.29, 0.717) is 16.3 Å². The molecule has 0 N–H and O–H groups in total. The van der Waals surface area contributed by atoms with Crippen molar-refractivity contribution in [1.82, 2.24) is 4.98 Å². The molecule has 1 aromatic carbocycles. The van der Waals surface area contributed by atoms with E-state index in [-0.39, 0.29) is 16.0 Å². The minimum atomic E-state index is -0.320. The van der Waals surface area contributed by atoms with Gasteiger partial charge in [0.25, 0.3) is 0 Å². The van der Waals surface area contributed by atoms with Gasteiger partial charge in [0.2, 0.25) is 0 Å². The molecule has 0 bridgehead atoms. The first-order chi connectivity index (χ1) is 7.58. The molecule has 0 spiro atoms. The second kappa shape index (κ2) is 4.58. The average Bonchev–Trinajstić information content (AvgIpc) is 2.25. The predicted molar refractivity (Wildman–Crippen MR) is 64.7 cm³/mol. The quantitative estimate of drug-likeness (QED) is 0.679. The molecule has 0 aliphatic heterocycles. The molecule has 16 heavy (non-hydrogen) atoms. The summed E-state index contributed by atoms with van der Waals surface area (Å²) in [5.74, 6) is -0.320. The van der Waals surface area contributed by atoms with Crippen molar-refractivity contribution in [3.05, 3.63) is 51.3 Å². The Hall–Kier alpha value is -0.830. The van der Waals surface area contributed by atoms with Gasteiger partial charge in [0.15, 0.2) is 0 Å². The lowest BCUT2D eigenvalue weighted by molar-refractivity contribution is 0.628. The van der Waals surface area contributed by atoms with Crippen LogP contribution in [0.5, 0.6) is 0 Å². The molecule has 0 aliphatic carbocycles. The minimum Gasteiger partial charge on any atom is -0.233 e. The van der Waals surface area contributed by atoms with E-state index < -0.39 is 0 Å². The number of benzene rings is 1. The minimum absolute atomic E-state index is 0.172. The van der Waals surface area contributed by atoms with Gasteiger partial charge in [0, 0.05) is 5.56 Å². The SMILES string of the molecule is Fc1ccc(-c2nc(Cl)c(Cl)cc2Cl)cc1. The van der Waals surface area contributed by atoms with Crippen LogP contribution in [0.15, 0.2) is 30.3 Å². The smallest absolute Gasteiger partial charge is 0.148 e. The van der Waals surface area contributed by atoms with Crippen LogP contribution >= 0.6 is 34.8 Å². The van der Waals surface area contributed by atoms with Gasteiger partial charge in [-0.15, -0.1) is 0 Å². The molecule has 0 amide bonds. The molecule has 2 rings (SSSR count). The molecule has 0 radical (unpaired) electrons. The molecule has 0 unspecified atom stereocenters. The molecule has 1 aromatic heterocycles. The maximum Gasteiger partial charge on any atom is 0.148 e. The first-order valence-corrected chi connectivity index (χ1v) is 5.49. The topological polar surface area (TPSA) is 12.9 Å². The summed E-state index contributed by atoms with van der Waals surface area (Å²) in [6.45, 7) is 0. The second-order valence-corrected chi connectivity index (χ2v) is 4.27. The van der Waals surface area contributed by atoms with Crippen molar-refractivity contribution in [3.63, 3.8) is 0 Å². The third-order valence-electron chi connectivity index (χ3n) is 2.00. The standard InChI is InChI=1S/C11H5Cl3FN/c12-8-5-9(13)11(14)16-10(8)6-1-3-7(15)4-2-6/h1-5H. The van der Waals surface area contributed by atoms with Gasteiger partial charge in [0.05, 0.1) is 15.7 Å². The fraction of sp³-hybridized carbons (Fsp3) is 0. The van der Waals surface area contributed by atoms with Crippen molar-refractivity contribution in [1.29, 1.82) is 0 Å². The number of aromatic nitrogens is 1. The first-order valence-electron chi connectivity index (χ1n) is 4.35. The molecule has 0 aliphatic rings.